The van der Waals surface area contributed by atoms with Gasteiger partial charge >= 0.3 is 43.1 Å². The zero-order valence-electron chi connectivity index (χ0n) is 17.9. The number of rotatable bonds is 5. The maximum absolute atomic E-state index is 12.2. The predicted octanol–water partition coefficient (Wildman–Crippen LogP) is -4.95. The summed E-state index contributed by atoms with van der Waals surface area (Å²) >= 11 is 0. The van der Waals surface area contributed by atoms with E-state index in [1.165, 1.54) is 4.57 Å². The van der Waals surface area contributed by atoms with Crippen molar-refractivity contribution in [3.63, 3.8) is 0 Å². The number of nitrogens with one attached hydrogen (secondary N) is 1. The van der Waals surface area contributed by atoms with Gasteiger partial charge in [0, 0.05) is 0 Å². The van der Waals surface area contributed by atoms with Crippen LogP contribution in [0.15, 0.2) is 21.7 Å². The molecule has 0 radical (unpaired) electrons. The minimum atomic E-state index is -4.64. The summed E-state index contributed by atoms with van der Waals surface area (Å²) in [5.41, 5.74) is 1.11. The van der Waals surface area contributed by atoms with Gasteiger partial charge in [-0.2, -0.15) is 4.98 Å². The fourth-order valence-corrected chi connectivity index (χ4v) is 2.89. The van der Waals surface area contributed by atoms with Crippen LogP contribution < -0.4 is 11.2 Å². The molecule has 18 heteroatoms. The molecule has 0 aliphatic carbocycles. The molecule has 16 nitrogen and oxygen atoms in total. The number of H-pyrrole nitrogens is 1. The van der Waals surface area contributed by atoms with Crippen LogP contribution in [0.4, 0.5) is 0 Å². The Kier molecular flexibility index (Phi) is 14.4. The van der Waals surface area contributed by atoms with E-state index in [1.54, 1.807) is 12.1 Å². The molecule has 3 atom stereocenters. The van der Waals surface area contributed by atoms with E-state index in [1.807, 2.05) is 13.8 Å². The van der Waals surface area contributed by atoms with Crippen LogP contribution in [0.5, 0.6) is 0 Å². The molecule has 2 heterocycles. The molecule has 0 amide bonds. The van der Waals surface area contributed by atoms with Crippen LogP contribution in [0, 0.1) is 13.8 Å². The fourth-order valence-electron chi connectivity index (χ4n) is 2.89. The normalized spacial score (nSPS) is 13.4. The standard InChI is InChI=1S/C17H20N4O6.Na.H3O4P.2H2O.H/c1-7-3-9-10(4-8(7)2)21(5-11(23)14(25)12(24)6-22)15-13(18-9)16(26)20-17(27)19-15;;1-5(2,3)4;;;/h3-4,11-12,14,22-25H,5-6H2,1-2H3,(H,20,26,27);;(H3,1,2,3,4);2*1H2;/t11-,12+,14-;;;;;/m0...../s1. The van der Waals surface area contributed by atoms with E-state index in [9.17, 15) is 24.9 Å². The third-order valence-electron chi connectivity index (χ3n) is 4.57. The molecule has 0 fully saturated rings. The Labute approximate surface area is 219 Å². The Hall–Kier alpha value is -1.63. The van der Waals surface area contributed by atoms with E-state index < -0.39 is 44.0 Å². The molecular formula is C17H28N4NaO12P. The van der Waals surface area contributed by atoms with Crippen molar-refractivity contribution >= 4 is 48.4 Å². The number of aliphatic hydroxyl groups excluding tert-OH is 4. The van der Waals surface area contributed by atoms with Crippen LogP contribution in [0.3, 0.4) is 0 Å². The first kappa shape index (κ1) is 35.5. The minimum absolute atomic E-state index is 0. The zero-order chi connectivity index (χ0) is 24.4. The topological polar surface area (TPSA) is 302 Å². The fraction of sp³-hybridized carbons (Fsp3) is 0.412. The molecule has 0 spiro atoms. The molecule has 0 bridgehead atoms. The van der Waals surface area contributed by atoms with Crippen molar-refractivity contribution in [1.82, 2.24) is 19.5 Å². The average Bonchev–Trinajstić information content (AvgIpc) is 2.67. The first-order valence-electron chi connectivity index (χ1n) is 9.08. The number of fused-ring (bicyclic) bond motifs is 2. The van der Waals surface area contributed by atoms with Crippen molar-refractivity contribution < 1.29 is 50.6 Å². The quantitative estimate of drug-likeness (QED) is 0.0867. The van der Waals surface area contributed by atoms with Crippen molar-refractivity contribution in [2.45, 2.75) is 38.7 Å². The Morgan fingerprint density at radius 1 is 1.00 bits per heavy atom. The summed E-state index contributed by atoms with van der Waals surface area (Å²) in [6, 6.07) is 3.53. The third-order valence-corrected chi connectivity index (χ3v) is 4.57. The molecule has 35 heavy (non-hydrogen) atoms. The molecule has 0 unspecified atom stereocenters. The molecule has 0 aromatic heterocycles. The summed E-state index contributed by atoms with van der Waals surface area (Å²) in [5.74, 6) is -0.0516. The Morgan fingerprint density at radius 2 is 1.51 bits per heavy atom. The van der Waals surface area contributed by atoms with Crippen LogP contribution >= 0.6 is 7.82 Å². The molecule has 2 aliphatic heterocycles. The van der Waals surface area contributed by atoms with Gasteiger partial charge in [0.1, 0.15) is 18.3 Å². The summed E-state index contributed by atoms with van der Waals surface area (Å²) in [5, 5.41) is 38.8. The molecule has 1 aromatic carbocycles. The van der Waals surface area contributed by atoms with Gasteiger partial charge in [-0.1, -0.05) is 0 Å². The average molecular weight is 534 g/mol. The molecule has 2 aliphatic rings. The number of benzene rings is 1. The Balaban J connectivity index is 0. The van der Waals surface area contributed by atoms with Crippen molar-refractivity contribution in [2.24, 2.45) is 0 Å². The number of phosphoric acid groups is 1. The van der Waals surface area contributed by atoms with Crippen molar-refractivity contribution in [2.75, 3.05) is 6.61 Å². The maximum atomic E-state index is 12.2. The summed E-state index contributed by atoms with van der Waals surface area (Å²) < 4.78 is 10.3. The van der Waals surface area contributed by atoms with Gasteiger partial charge in [-0.15, -0.1) is 0 Å². The second-order valence-electron chi connectivity index (χ2n) is 7.01. The van der Waals surface area contributed by atoms with E-state index in [4.69, 9.17) is 24.4 Å². The summed E-state index contributed by atoms with van der Waals surface area (Å²) in [6.07, 6.45) is -4.68. The van der Waals surface area contributed by atoms with Crippen LogP contribution in [0.2, 0.25) is 0 Å². The van der Waals surface area contributed by atoms with Crippen molar-refractivity contribution in [1.29, 1.82) is 0 Å². The van der Waals surface area contributed by atoms with Crippen molar-refractivity contribution in [3.8, 4) is 11.5 Å². The van der Waals surface area contributed by atoms with E-state index in [2.05, 4.69) is 15.0 Å². The number of aromatic amines is 1. The SMILES string of the molecule is Cc1cc2nc3c(=O)[nH]c(=O)nc-3n(C[C@H](O)[C@H](O)[C@H](O)CO)c2cc1C.O.O.O=P(O)(O)O.[NaH]. The molecule has 0 saturated carbocycles. The molecule has 0 saturated heterocycles. The van der Waals surface area contributed by atoms with E-state index >= 15 is 0 Å². The van der Waals surface area contributed by atoms with Gasteiger partial charge < -0.3 is 50.6 Å². The summed E-state index contributed by atoms with van der Waals surface area (Å²) in [4.78, 5) is 55.6. The van der Waals surface area contributed by atoms with E-state index in [0.717, 1.165) is 11.1 Å². The van der Waals surface area contributed by atoms with Gasteiger partial charge in [0.15, 0.2) is 11.5 Å². The van der Waals surface area contributed by atoms with E-state index in [0.29, 0.717) is 11.0 Å². The summed E-state index contributed by atoms with van der Waals surface area (Å²) in [6.45, 7) is 2.73. The Bertz CT molecular complexity index is 1240. The summed E-state index contributed by atoms with van der Waals surface area (Å²) in [7, 11) is -4.64. The molecule has 12 N–H and O–H groups in total. The number of aryl methyl sites for hydroxylation is 2. The van der Waals surface area contributed by atoms with Crippen LogP contribution in [0.25, 0.3) is 22.6 Å². The van der Waals surface area contributed by atoms with Gasteiger partial charge in [0.05, 0.1) is 24.2 Å². The van der Waals surface area contributed by atoms with Gasteiger partial charge in [-0.05, 0) is 37.1 Å². The van der Waals surface area contributed by atoms with Crippen LogP contribution in [-0.4, -0.2) is 120 Å². The number of aromatic nitrogens is 4. The number of nitrogens with zero attached hydrogens (tertiary/aromatic N) is 3. The molecule has 3 rings (SSSR count). The predicted molar refractivity (Wildman–Crippen MR) is 124 cm³/mol. The number of hydrogen-bond donors (Lipinski definition) is 8. The van der Waals surface area contributed by atoms with Crippen LogP contribution in [0.1, 0.15) is 11.1 Å². The first-order chi connectivity index (χ1) is 14.7. The first-order valence-corrected chi connectivity index (χ1v) is 10.6. The van der Waals surface area contributed by atoms with Gasteiger partial charge in [0.2, 0.25) is 0 Å². The van der Waals surface area contributed by atoms with Crippen molar-refractivity contribution in [3.05, 3.63) is 44.1 Å². The molecule has 1 aromatic rings. The Morgan fingerprint density at radius 3 is 2.03 bits per heavy atom. The van der Waals surface area contributed by atoms with Gasteiger partial charge in [-0.25, -0.2) is 14.3 Å². The van der Waals surface area contributed by atoms with E-state index in [-0.39, 0.29) is 58.6 Å². The molecular weight excluding hydrogens is 506 g/mol. The van der Waals surface area contributed by atoms with Gasteiger partial charge in [0.25, 0.3) is 5.56 Å². The monoisotopic (exact) mass is 534 g/mol. The number of aliphatic hydroxyl groups is 4. The molecule has 194 valence electrons. The zero-order valence-corrected chi connectivity index (χ0v) is 18.8. The second kappa shape index (κ2) is 14.2. The number of hydrogen-bond acceptors (Lipinski definition) is 9. The van der Waals surface area contributed by atoms with Crippen LogP contribution in [-0.2, 0) is 11.1 Å². The second-order valence-corrected chi connectivity index (χ2v) is 8.04. The van der Waals surface area contributed by atoms with Gasteiger partial charge in [-0.3, -0.25) is 9.78 Å². The third kappa shape index (κ3) is 9.40.